The molecule has 8 heteroatoms. The fourth-order valence-electron chi connectivity index (χ4n) is 2.37. The lowest BCUT2D eigenvalue weighted by Gasteiger charge is -2.13. The summed E-state index contributed by atoms with van der Waals surface area (Å²) >= 11 is 3.03. The number of nitrogens with zero attached hydrogens (tertiary/aromatic N) is 3. The van der Waals surface area contributed by atoms with Crippen LogP contribution in [0, 0.1) is 12.7 Å². The molecule has 3 aromatic rings. The van der Waals surface area contributed by atoms with Gasteiger partial charge in [0.1, 0.15) is 10.8 Å². The van der Waals surface area contributed by atoms with Gasteiger partial charge in [0.15, 0.2) is 0 Å². The second-order valence-electron chi connectivity index (χ2n) is 6.01. The van der Waals surface area contributed by atoms with Crippen LogP contribution in [0.4, 0.5) is 4.39 Å². The lowest BCUT2D eigenvalue weighted by molar-refractivity contribution is 0.0950. The lowest BCUT2D eigenvalue weighted by atomic mass is 10.2. The minimum absolute atomic E-state index is 0.269. The van der Waals surface area contributed by atoms with Gasteiger partial charge in [-0.05, 0) is 48.7 Å². The minimum Gasteiger partial charge on any atom is -0.346 e. The van der Waals surface area contributed by atoms with Crippen LogP contribution in [0.25, 0.3) is 0 Å². The molecule has 136 valence electrons. The van der Waals surface area contributed by atoms with E-state index in [0.717, 1.165) is 17.1 Å². The monoisotopic (exact) mass is 390 g/mol. The second-order valence-corrected chi connectivity index (χ2v) is 8.07. The van der Waals surface area contributed by atoms with Crippen LogP contribution in [0.15, 0.2) is 35.7 Å². The van der Waals surface area contributed by atoms with Crippen LogP contribution in [0.5, 0.6) is 0 Å². The first kappa shape index (κ1) is 18.6. The highest BCUT2D eigenvalue weighted by Gasteiger charge is 2.14. The average Bonchev–Trinajstić information content (AvgIpc) is 3.24. The summed E-state index contributed by atoms with van der Waals surface area (Å²) in [5, 5.41) is 14.1. The van der Waals surface area contributed by atoms with Gasteiger partial charge in [0.25, 0.3) is 5.91 Å². The first-order valence-electron chi connectivity index (χ1n) is 8.08. The maximum atomic E-state index is 12.9. The Kier molecular flexibility index (Phi) is 6.08. The topological polar surface area (TPSA) is 58.1 Å². The molecule has 0 spiro atoms. The van der Waals surface area contributed by atoms with Gasteiger partial charge < -0.3 is 5.32 Å². The highest BCUT2D eigenvalue weighted by atomic mass is 32.1. The molecule has 0 unspecified atom stereocenters. The summed E-state index contributed by atoms with van der Waals surface area (Å²) in [6.07, 6.45) is 0. The van der Waals surface area contributed by atoms with Crippen LogP contribution in [0.2, 0.25) is 0 Å². The summed E-state index contributed by atoms with van der Waals surface area (Å²) in [6.45, 7) is 3.91. The molecule has 0 saturated heterocycles. The average molecular weight is 391 g/mol. The van der Waals surface area contributed by atoms with E-state index in [1.165, 1.54) is 33.9 Å². The first-order valence-corrected chi connectivity index (χ1v) is 9.77. The van der Waals surface area contributed by atoms with Crippen molar-refractivity contribution in [2.24, 2.45) is 0 Å². The fourth-order valence-corrected chi connectivity index (χ4v) is 4.19. The third-order valence-corrected chi connectivity index (χ3v) is 5.73. The maximum absolute atomic E-state index is 12.9. The number of carbonyl (C=O) groups is 1. The molecule has 0 bridgehead atoms. The summed E-state index contributed by atoms with van der Waals surface area (Å²) in [5.74, 6) is -0.564. The van der Waals surface area contributed by atoms with Crippen LogP contribution in [-0.2, 0) is 19.6 Å². The molecule has 0 saturated carbocycles. The van der Waals surface area contributed by atoms with E-state index in [2.05, 4.69) is 38.8 Å². The molecular formula is C18H19FN4OS2. The van der Waals surface area contributed by atoms with E-state index in [1.807, 2.05) is 7.05 Å². The van der Waals surface area contributed by atoms with Gasteiger partial charge in [-0.3, -0.25) is 9.69 Å². The molecule has 1 amide bonds. The third kappa shape index (κ3) is 4.94. The Balaban J connectivity index is 1.52. The predicted octanol–water partition coefficient (Wildman–Crippen LogP) is 3.61. The highest BCUT2D eigenvalue weighted by molar-refractivity contribution is 7.13. The summed E-state index contributed by atoms with van der Waals surface area (Å²) < 4.78 is 12.9. The van der Waals surface area contributed by atoms with Gasteiger partial charge in [-0.15, -0.1) is 21.5 Å². The molecule has 0 aliphatic carbocycles. The summed E-state index contributed by atoms with van der Waals surface area (Å²) in [4.78, 5) is 15.7. The van der Waals surface area contributed by atoms with E-state index in [0.29, 0.717) is 18.1 Å². The van der Waals surface area contributed by atoms with Gasteiger partial charge in [-0.25, -0.2) is 4.39 Å². The molecule has 2 aromatic heterocycles. The van der Waals surface area contributed by atoms with Gasteiger partial charge >= 0.3 is 0 Å². The van der Waals surface area contributed by atoms with Crippen LogP contribution in [0.1, 0.15) is 30.8 Å². The van der Waals surface area contributed by atoms with Crippen molar-refractivity contribution in [3.63, 3.8) is 0 Å². The molecule has 0 aliphatic rings. The quantitative estimate of drug-likeness (QED) is 0.670. The van der Waals surface area contributed by atoms with E-state index in [-0.39, 0.29) is 11.7 Å². The third-order valence-electron chi connectivity index (χ3n) is 3.81. The summed E-state index contributed by atoms with van der Waals surface area (Å²) in [5.41, 5.74) is 2.12. The van der Waals surface area contributed by atoms with Crippen LogP contribution < -0.4 is 5.32 Å². The fraction of sp³-hybridized carbons (Fsp3) is 0.278. The zero-order valence-electron chi connectivity index (χ0n) is 14.5. The number of rotatable bonds is 7. The van der Waals surface area contributed by atoms with Gasteiger partial charge in [-0.2, -0.15) is 0 Å². The molecule has 0 radical (unpaired) electrons. The highest BCUT2D eigenvalue weighted by Crippen LogP contribution is 2.19. The Morgan fingerprint density at radius 1 is 1.19 bits per heavy atom. The lowest BCUT2D eigenvalue weighted by Crippen LogP contribution is -2.22. The molecule has 26 heavy (non-hydrogen) atoms. The van der Waals surface area contributed by atoms with E-state index in [9.17, 15) is 9.18 Å². The summed E-state index contributed by atoms with van der Waals surface area (Å²) in [7, 11) is 2.02. The van der Waals surface area contributed by atoms with Gasteiger partial charge in [0.05, 0.1) is 6.54 Å². The van der Waals surface area contributed by atoms with Crippen molar-refractivity contribution in [1.82, 2.24) is 20.4 Å². The molecule has 3 rings (SSSR count). The van der Waals surface area contributed by atoms with E-state index in [4.69, 9.17) is 0 Å². The van der Waals surface area contributed by atoms with Crippen molar-refractivity contribution in [1.29, 1.82) is 0 Å². The molecule has 0 fully saturated rings. The Bertz CT molecular complexity index is 875. The molecule has 5 nitrogen and oxygen atoms in total. The Labute approximate surface area is 159 Å². The van der Waals surface area contributed by atoms with E-state index in [1.54, 1.807) is 23.5 Å². The Hall–Kier alpha value is -2.16. The van der Waals surface area contributed by atoms with Crippen LogP contribution in [0.3, 0.4) is 0 Å². The van der Waals surface area contributed by atoms with Gasteiger partial charge in [-0.1, -0.05) is 23.5 Å². The van der Waals surface area contributed by atoms with Crippen LogP contribution in [-0.4, -0.2) is 28.1 Å². The second kappa shape index (κ2) is 8.48. The number of amides is 1. The smallest absolute Gasteiger partial charge is 0.282 e. The standard InChI is InChI=1S/C18H19FN4OS2/c1-12-7-8-25-15(12)10-23(2)11-16-21-22-18(26-16)17(24)20-9-13-3-5-14(19)6-4-13/h3-8H,9-11H2,1-2H3,(H,20,24). The van der Waals surface area contributed by atoms with Crippen molar-refractivity contribution in [3.05, 3.63) is 67.5 Å². The van der Waals surface area contributed by atoms with Crippen molar-refractivity contribution in [2.75, 3.05) is 7.05 Å². The van der Waals surface area contributed by atoms with E-state index >= 15 is 0 Å². The number of carbonyl (C=O) groups excluding carboxylic acids is 1. The maximum Gasteiger partial charge on any atom is 0.282 e. The number of thiophene rings is 1. The number of halogens is 1. The van der Waals surface area contributed by atoms with Crippen molar-refractivity contribution >= 4 is 28.6 Å². The molecule has 0 atom stereocenters. The Morgan fingerprint density at radius 2 is 1.96 bits per heavy atom. The molecule has 1 aromatic carbocycles. The van der Waals surface area contributed by atoms with Crippen LogP contribution >= 0.6 is 22.7 Å². The number of nitrogens with one attached hydrogen (secondary N) is 1. The molecule has 0 aliphatic heterocycles. The molecule has 2 heterocycles. The van der Waals surface area contributed by atoms with Crippen molar-refractivity contribution < 1.29 is 9.18 Å². The SMILES string of the molecule is Cc1ccsc1CN(C)Cc1nnc(C(=O)NCc2ccc(F)cc2)s1. The zero-order chi connectivity index (χ0) is 18.5. The number of hydrogen-bond donors (Lipinski definition) is 1. The normalized spacial score (nSPS) is 11.1. The predicted molar refractivity (Wildman–Crippen MR) is 102 cm³/mol. The van der Waals surface area contributed by atoms with Crippen molar-refractivity contribution in [2.45, 2.75) is 26.6 Å². The summed E-state index contributed by atoms with van der Waals surface area (Å²) in [6, 6.07) is 8.14. The molecular weight excluding hydrogens is 371 g/mol. The zero-order valence-corrected chi connectivity index (χ0v) is 16.2. The Morgan fingerprint density at radius 3 is 2.65 bits per heavy atom. The van der Waals surface area contributed by atoms with Gasteiger partial charge in [0.2, 0.25) is 5.01 Å². The van der Waals surface area contributed by atoms with Gasteiger partial charge in [0, 0.05) is 18.0 Å². The number of hydrogen-bond acceptors (Lipinski definition) is 6. The number of aryl methyl sites for hydroxylation is 1. The number of benzene rings is 1. The number of aromatic nitrogens is 2. The van der Waals surface area contributed by atoms with Crippen molar-refractivity contribution in [3.8, 4) is 0 Å². The first-order chi connectivity index (χ1) is 12.5. The molecule has 1 N–H and O–H groups in total. The minimum atomic E-state index is -0.296. The largest absolute Gasteiger partial charge is 0.346 e. The van der Waals surface area contributed by atoms with E-state index < -0.39 is 0 Å².